The van der Waals surface area contributed by atoms with Crippen LogP contribution in [0.5, 0.6) is 0 Å². The molecule has 96 valence electrons. The number of pyridine rings is 1. The molecular formula is C12H20N2O2S. The molecule has 0 bridgehead atoms. The minimum absolute atomic E-state index is 0.0151. The van der Waals surface area contributed by atoms with Crippen LogP contribution in [0.2, 0.25) is 0 Å². The third-order valence-corrected chi connectivity index (χ3v) is 3.83. The lowest BCUT2D eigenvalue weighted by atomic mass is 9.91. The van der Waals surface area contributed by atoms with E-state index >= 15 is 0 Å². The maximum atomic E-state index is 11.3. The Labute approximate surface area is 104 Å². The second-order valence-corrected chi connectivity index (χ2v) is 7.41. The molecule has 0 unspecified atom stereocenters. The molecule has 0 radical (unpaired) electrons. The van der Waals surface area contributed by atoms with Gasteiger partial charge in [-0.25, -0.2) is 12.7 Å². The van der Waals surface area contributed by atoms with Gasteiger partial charge in [0.05, 0.1) is 6.26 Å². The van der Waals surface area contributed by atoms with E-state index in [0.29, 0.717) is 6.54 Å². The first-order valence-corrected chi connectivity index (χ1v) is 7.32. The van der Waals surface area contributed by atoms with E-state index in [0.717, 1.165) is 11.3 Å². The van der Waals surface area contributed by atoms with Crippen molar-refractivity contribution in [3.8, 4) is 0 Å². The summed E-state index contributed by atoms with van der Waals surface area (Å²) < 4.78 is 23.8. The van der Waals surface area contributed by atoms with Crippen LogP contribution in [0.25, 0.3) is 0 Å². The van der Waals surface area contributed by atoms with Gasteiger partial charge in [0.1, 0.15) is 0 Å². The summed E-state index contributed by atoms with van der Waals surface area (Å²) >= 11 is 0. The van der Waals surface area contributed by atoms with Gasteiger partial charge < -0.3 is 0 Å². The molecule has 0 saturated carbocycles. The van der Waals surface area contributed by atoms with Gasteiger partial charge in [-0.2, -0.15) is 0 Å². The predicted octanol–water partition coefficient (Wildman–Crippen LogP) is 1.77. The van der Waals surface area contributed by atoms with Crippen molar-refractivity contribution in [1.29, 1.82) is 0 Å². The zero-order valence-corrected chi connectivity index (χ0v) is 11.9. The quantitative estimate of drug-likeness (QED) is 0.828. The average Bonchev–Trinajstić information content (AvgIpc) is 2.15. The van der Waals surface area contributed by atoms with Crippen LogP contribution in [0.3, 0.4) is 0 Å². The Bertz CT molecular complexity index is 472. The number of aromatic nitrogens is 1. The maximum absolute atomic E-state index is 11.3. The number of sulfonamides is 1. The number of hydrogen-bond acceptors (Lipinski definition) is 3. The molecule has 17 heavy (non-hydrogen) atoms. The molecule has 1 heterocycles. The molecule has 5 heteroatoms. The third kappa shape index (κ3) is 4.09. The van der Waals surface area contributed by atoms with Crippen LogP contribution in [0, 0.1) is 0 Å². The fraction of sp³-hybridized carbons (Fsp3) is 0.583. The molecule has 0 aliphatic heterocycles. The van der Waals surface area contributed by atoms with E-state index in [4.69, 9.17) is 0 Å². The van der Waals surface area contributed by atoms with Gasteiger partial charge >= 0.3 is 0 Å². The largest absolute Gasteiger partial charge is 0.260 e. The highest BCUT2D eigenvalue weighted by atomic mass is 32.2. The second kappa shape index (κ2) is 4.74. The fourth-order valence-corrected chi connectivity index (χ4v) is 1.72. The standard InChI is InChI=1S/C12H20N2O2S/c1-12(2,3)11-7-6-10(8-13-11)9-14(4)17(5,15)16/h6-8H,9H2,1-5H3. The third-order valence-electron chi connectivity index (χ3n) is 2.56. The topological polar surface area (TPSA) is 50.3 Å². The van der Waals surface area contributed by atoms with Gasteiger partial charge in [-0.1, -0.05) is 26.8 Å². The van der Waals surface area contributed by atoms with E-state index in [1.165, 1.54) is 10.6 Å². The Balaban J connectivity index is 2.83. The number of rotatable bonds is 3. The summed E-state index contributed by atoms with van der Waals surface area (Å²) in [6.45, 7) is 6.64. The molecule has 0 fully saturated rings. The predicted molar refractivity (Wildman–Crippen MR) is 69.2 cm³/mol. The molecule has 0 aliphatic rings. The molecule has 0 amide bonds. The van der Waals surface area contributed by atoms with Gasteiger partial charge in [-0.3, -0.25) is 4.98 Å². The lowest BCUT2D eigenvalue weighted by molar-refractivity contribution is 0.471. The van der Waals surface area contributed by atoms with Crippen molar-refractivity contribution in [2.24, 2.45) is 0 Å². The SMILES string of the molecule is CN(Cc1ccc(C(C)(C)C)nc1)S(C)(=O)=O. The molecule has 1 rings (SSSR count). The first-order chi connectivity index (χ1) is 7.60. The van der Waals surface area contributed by atoms with Gasteiger partial charge in [0, 0.05) is 30.9 Å². The first-order valence-electron chi connectivity index (χ1n) is 5.47. The van der Waals surface area contributed by atoms with Crippen LogP contribution in [0.4, 0.5) is 0 Å². The summed E-state index contributed by atoms with van der Waals surface area (Å²) in [6.07, 6.45) is 2.94. The lowest BCUT2D eigenvalue weighted by Gasteiger charge is -2.18. The van der Waals surface area contributed by atoms with Crippen molar-refractivity contribution < 1.29 is 8.42 Å². The first kappa shape index (κ1) is 14.1. The van der Waals surface area contributed by atoms with Crippen LogP contribution >= 0.6 is 0 Å². The highest BCUT2D eigenvalue weighted by molar-refractivity contribution is 7.88. The monoisotopic (exact) mass is 256 g/mol. The molecule has 0 atom stereocenters. The molecule has 0 aromatic carbocycles. The molecule has 0 aliphatic carbocycles. The normalized spacial score (nSPS) is 13.1. The van der Waals surface area contributed by atoms with Crippen molar-refractivity contribution in [3.05, 3.63) is 29.6 Å². The lowest BCUT2D eigenvalue weighted by Crippen LogP contribution is -2.25. The Morgan fingerprint density at radius 3 is 2.24 bits per heavy atom. The zero-order valence-electron chi connectivity index (χ0n) is 11.1. The summed E-state index contributed by atoms with van der Waals surface area (Å²) in [5.74, 6) is 0. The smallest absolute Gasteiger partial charge is 0.211 e. The van der Waals surface area contributed by atoms with Crippen LogP contribution in [-0.4, -0.2) is 31.0 Å². The molecular weight excluding hydrogens is 236 g/mol. The highest BCUT2D eigenvalue weighted by Gasteiger charge is 2.16. The van der Waals surface area contributed by atoms with Crippen molar-refractivity contribution in [2.75, 3.05) is 13.3 Å². The van der Waals surface area contributed by atoms with Crippen molar-refractivity contribution >= 4 is 10.0 Å². The summed E-state index contributed by atoms with van der Waals surface area (Å²) in [6, 6.07) is 3.88. The minimum atomic E-state index is -3.13. The van der Waals surface area contributed by atoms with Crippen molar-refractivity contribution in [2.45, 2.75) is 32.7 Å². The zero-order chi connectivity index (χ0) is 13.3. The minimum Gasteiger partial charge on any atom is -0.260 e. The Kier molecular flexibility index (Phi) is 3.94. The van der Waals surface area contributed by atoms with E-state index in [-0.39, 0.29) is 5.41 Å². The molecule has 1 aromatic heterocycles. The Morgan fingerprint density at radius 2 is 1.88 bits per heavy atom. The van der Waals surface area contributed by atoms with E-state index in [1.807, 2.05) is 12.1 Å². The molecule has 0 N–H and O–H groups in total. The highest BCUT2D eigenvalue weighted by Crippen LogP contribution is 2.20. The average molecular weight is 256 g/mol. The maximum Gasteiger partial charge on any atom is 0.211 e. The van der Waals surface area contributed by atoms with E-state index in [1.54, 1.807) is 13.2 Å². The molecule has 0 spiro atoms. The van der Waals surface area contributed by atoms with Crippen LogP contribution in [0.15, 0.2) is 18.3 Å². The molecule has 0 saturated heterocycles. The number of nitrogens with zero attached hydrogens (tertiary/aromatic N) is 2. The Hall–Kier alpha value is -0.940. The Morgan fingerprint density at radius 1 is 1.29 bits per heavy atom. The summed E-state index contributed by atoms with van der Waals surface area (Å²) in [5.41, 5.74) is 1.91. The van der Waals surface area contributed by atoms with E-state index in [2.05, 4.69) is 25.8 Å². The van der Waals surface area contributed by atoms with Crippen LogP contribution in [0.1, 0.15) is 32.0 Å². The van der Waals surface area contributed by atoms with E-state index < -0.39 is 10.0 Å². The van der Waals surface area contributed by atoms with Crippen LogP contribution < -0.4 is 0 Å². The summed E-state index contributed by atoms with van der Waals surface area (Å²) in [7, 11) is -1.57. The van der Waals surface area contributed by atoms with Crippen LogP contribution in [-0.2, 0) is 22.0 Å². The van der Waals surface area contributed by atoms with Gasteiger partial charge in [0.25, 0.3) is 0 Å². The summed E-state index contributed by atoms with van der Waals surface area (Å²) in [5, 5.41) is 0. The molecule has 1 aromatic rings. The fourth-order valence-electron chi connectivity index (χ4n) is 1.34. The number of hydrogen-bond donors (Lipinski definition) is 0. The van der Waals surface area contributed by atoms with Gasteiger partial charge in [-0.05, 0) is 11.6 Å². The van der Waals surface area contributed by atoms with Gasteiger partial charge in [0.15, 0.2) is 0 Å². The van der Waals surface area contributed by atoms with Gasteiger partial charge in [0.2, 0.25) is 10.0 Å². The second-order valence-electron chi connectivity index (χ2n) is 5.32. The summed E-state index contributed by atoms with van der Waals surface area (Å²) in [4.78, 5) is 4.36. The van der Waals surface area contributed by atoms with Crippen molar-refractivity contribution in [3.63, 3.8) is 0 Å². The van der Waals surface area contributed by atoms with E-state index in [9.17, 15) is 8.42 Å². The molecule has 4 nitrogen and oxygen atoms in total. The van der Waals surface area contributed by atoms with Crippen molar-refractivity contribution in [1.82, 2.24) is 9.29 Å². The van der Waals surface area contributed by atoms with Gasteiger partial charge in [-0.15, -0.1) is 0 Å².